The summed E-state index contributed by atoms with van der Waals surface area (Å²) in [5.41, 5.74) is 0.208. The van der Waals surface area contributed by atoms with E-state index in [0.717, 1.165) is 31.3 Å². The van der Waals surface area contributed by atoms with E-state index in [-0.39, 0.29) is 5.60 Å². The van der Waals surface area contributed by atoms with Gasteiger partial charge in [-0.3, -0.25) is 0 Å². The molecule has 0 aromatic rings. The summed E-state index contributed by atoms with van der Waals surface area (Å²) in [6.45, 7) is 10.0. The molecule has 0 amide bonds. The van der Waals surface area contributed by atoms with Gasteiger partial charge in [0.05, 0.1) is 12.2 Å². The van der Waals surface area contributed by atoms with Gasteiger partial charge in [0.1, 0.15) is 0 Å². The van der Waals surface area contributed by atoms with Gasteiger partial charge < -0.3 is 4.74 Å². The summed E-state index contributed by atoms with van der Waals surface area (Å²) in [6.07, 6.45) is 2.32. The number of hydrogen-bond donors (Lipinski definition) is 0. The third-order valence-corrected chi connectivity index (χ3v) is 3.51. The Morgan fingerprint density at radius 3 is 2.00 bits per heavy atom. The molecule has 1 nitrogen and oxygen atoms in total. The van der Waals surface area contributed by atoms with E-state index in [0.29, 0.717) is 0 Å². The minimum Gasteiger partial charge on any atom is -0.374 e. The van der Waals surface area contributed by atoms with Crippen LogP contribution in [0.4, 0.5) is 0 Å². The first-order chi connectivity index (χ1) is 5.16. The number of ether oxygens (including phenoxy) is 1. The van der Waals surface area contributed by atoms with Crippen molar-refractivity contribution in [2.45, 2.75) is 46.1 Å². The van der Waals surface area contributed by atoms with Crippen molar-refractivity contribution in [1.29, 1.82) is 0 Å². The molecule has 1 aliphatic heterocycles. The Morgan fingerprint density at radius 2 is 1.82 bits per heavy atom. The van der Waals surface area contributed by atoms with Crippen molar-refractivity contribution in [3.05, 3.63) is 0 Å². The van der Waals surface area contributed by atoms with Gasteiger partial charge in [0, 0.05) is 0 Å². The lowest BCUT2D eigenvalue weighted by molar-refractivity contribution is -0.0239. The molecular weight excluding hydrogens is 136 g/mol. The minimum atomic E-state index is 0.208. The largest absolute Gasteiger partial charge is 0.374 e. The van der Waals surface area contributed by atoms with Crippen LogP contribution in [0.1, 0.15) is 40.5 Å². The summed E-state index contributed by atoms with van der Waals surface area (Å²) in [5.74, 6) is 1.48. The fourth-order valence-corrected chi connectivity index (χ4v) is 2.19. The Balaban J connectivity index is 2.69. The van der Waals surface area contributed by atoms with Crippen LogP contribution < -0.4 is 0 Å². The SMILES string of the molecule is CCC1(CC)OCC(C)C1C. The lowest BCUT2D eigenvalue weighted by atomic mass is 9.80. The van der Waals surface area contributed by atoms with E-state index in [1.54, 1.807) is 0 Å². The molecule has 1 aliphatic rings. The van der Waals surface area contributed by atoms with Gasteiger partial charge >= 0.3 is 0 Å². The zero-order chi connectivity index (χ0) is 8.48. The summed E-state index contributed by atoms with van der Waals surface area (Å²) < 4.78 is 5.86. The van der Waals surface area contributed by atoms with Crippen LogP contribution in [-0.2, 0) is 4.74 Å². The van der Waals surface area contributed by atoms with Crippen molar-refractivity contribution in [3.63, 3.8) is 0 Å². The minimum absolute atomic E-state index is 0.208. The Kier molecular flexibility index (Phi) is 2.58. The smallest absolute Gasteiger partial charge is 0.0706 e. The molecule has 0 bridgehead atoms. The molecule has 11 heavy (non-hydrogen) atoms. The van der Waals surface area contributed by atoms with Gasteiger partial charge in [-0.15, -0.1) is 0 Å². The van der Waals surface area contributed by atoms with Gasteiger partial charge in [-0.1, -0.05) is 27.7 Å². The Morgan fingerprint density at radius 1 is 1.27 bits per heavy atom. The maximum atomic E-state index is 5.86. The van der Waals surface area contributed by atoms with E-state index >= 15 is 0 Å². The van der Waals surface area contributed by atoms with Crippen molar-refractivity contribution >= 4 is 0 Å². The fourth-order valence-electron chi connectivity index (χ4n) is 2.19. The maximum Gasteiger partial charge on any atom is 0.0706 e. The standard InChI is InChI=1S/C10H20O/c1-5-10(6-2)9(4)8(3)7-11-10/h8-9H,5-7H2,1-4H3. The molecule has 1 heterocycles. The van der Waals surface area contributed by atoms with E-state index in [9.17, 15) is 0 Å². The van der Waals surface area contributed by atoms with Crippen LogP contribution in [0.25, 0.3) is 0 Å². The average molecular weight is 156 g/mol. The van der Waals surface area contributed by atoms with Crippen molar-refractivity contribution in [2.75, 3.05) is 6.61 Å². The van der Waals surface area contributed by atoms with Crippen LogP contribution in [0, 0.1) is 11.8 Å². The molecule has 1 saturated heterocycles. The van der Waals surface area contributed by atoms with Crippen molar-refractivity contribution < 1.29 is 4.74 Å². The molecule has 0 radical (unpaired) electrons. The predicted octanol–water partition coefficient (Wildman–Crippen LogP) is 2.85. The molecule has 1 fully saturated rings. The highest BCUT2D eigenvalue weighted by Gasteiger charge is 2.42. The van der Waals surface area contributed by atoms with E-state index in [1.165, 1.54) is 0 Å². The summed E-state index contributed by atoms with van der Waals surface area (Å²) >= 11 is 0. The normalized spacial score (nSPS) is 36.0. The Bertz CT molecular complexity index is 127. The molecule has 2 atom stereocenters. The fraction of sp³-hybridized carbons (Fsp3) is 1.00. The summed E-state index contributed by atoms with van der Waals surface area (Å²) in [6, 6.07) is 0. The molecule has 1 heteroatoms. The van der Waals surface area contributed by atoms with E-state index in [1.807, 2.05) is 0 Å². The Hall–Kier alpha value is -0.0400. The van der Waals surface area contributed by atoms with Gasteiger partial charge in [-0.2, -0.15) is 0 Å². The first kappa shape index (κ1) is 9.05. The molecule has 0 aromatic carbocycles. The van der Waals surface area contributed by atoms with Crippen LogP contribution in [-0.4, -0.2) is 12.2 Å². The monoisotopic (exact) mass is 156 g/mol. The summed E-state index contributed by atoms with van der Waals surface area (Å²) in [5, 5.41) is 0. The van der Waals surface area contributed by atoms with Crippen molar-refractivity contribution in [3.8, 4) is 0 Å². The molecule has 66 valence electrons. The van der Waals surface area contributed by atoms with Gasteiger partial charge in [-0.25, -0.2) is 0 Å². The molecule has 0 spiro atoms. The highest BCUT2D eigenvalue weighted by molar-refractivity contribution is 4.91. The van der Waals surface area contributed by atoms with Gasteiger partial charge in [0.25, 0.3) is 0 Å². The Labute approximate surface area is 70.1 Å². The molecule has 0 N–H and O–H groups in total. The molecule has 2 unspecified atom stereocenters. The second-order valence-electron chi connectivity index (χ2n) is 3.85. The average Bonchev–Trinajstić information content (AvgIpc) is 2.32. The number of rotatable bonds is 2. The summed E-state index contributed by atoms with van der Waals surface area (Å²) in [7, 11) is 0. The zero-order valence-corrected chi connectivity index (χ0v) is 8.18. The van der Waals surface area contributed by atoms with Crippen molar-refractivity contribution in [1.82, 2.24) is 0 Å². The van der Waals surface area contributed by atoms with Crippen LogP contribution in [0.2, 0.25) is 0 Å². The second kappa shape index (κ2) is 3.14. The highest BCUT2D eigenvalue weighted by Crippen LogP contribution is 2.40. The third-order valence-electron chi connectivity index (χ3n) is 3.51. The summed E-state index contributed by atoms with van der Waals surface area (Å²) in [4.78, 5) is 0. The van der Waals surface area contributed by atoms with Crippen LogP contribution in [0.15, 0.2) is 0 Å². The van der Waals surface area contributed by atoms with Crippen LogP contribution in [0.3, 0.4) is 0 Å². The second-order valence-corrected chi connectivity index (χ2v) is 3.85. The molecule has 0 saturated carbocycles. The first-order valence-corrected chi connectivity index (χ1v) is 4.80. The van der Waals surface area contributed by atoms with E-state index in [2.05, 4.69) is 27.7 Å². The highest BCUT2D eigenvalue weighted by atomic mass is 16.5. The molecule has 0 aromatic heterocycles. The van der Waals surface area contributed by atoms with Crippen LogP contribution >= 0.6 is 0 Å². The third kappa shape index (κ3) is 1.31. The predicted molar refractivity (Wildman–Crippen MR) is 47.6 cm³/mol. The topological polar surface area (TPSA) is 9.23 Å². The van der Waals surface area contributed by atoms with Crippen LogP contribution in [0.5, 0.6) is 0 Å². The molecule has 0 aliphatic carbocycles. The van der Waals surface area contributed by atoms with E-state index < -0.39 is 0 Å². The lowest BCUT2D eigenvalue weighted by Gasteiger charge is -2.31. The quantitative estimate of drug-likeness (QED) is 0.597. The first-order valence-electron chi connectivity index (χ1n) is 4.80. The lowest BCUT2D eigenvalue weighted by Crippen LogP contribution is -2.33. The zero-order valence-electron chi connectivity index (χ0n) is 8.18. The van der Waals surface area contributed by atoms with Gasteiger partial charge in [-0.05, 0) is 24.7 Å². The molecular formula is C10H20O. The van der Waals surface area contributed by atoms with Crippen molar-refractivity contribution in [2.24, 2.45) is 11.8 Å². The van der Waals surface area contributed by atoms with E-state index in [4.69, 9.17) is 4.74 Å². The maximum absolute atomic E-state index is 5.86. The molecule has 1 rings (SSSR count). The van der Waals surface area contributed by atoms with Gasteiger partial charge in [0.2, 0.25) is 0 Å². The number of hydrogen-bond acceptors (Lipinski definition) is 1. The van der Waals surface area contributed by atoms with Gasteiger partial charge in [0.15, 0.2) is 0 Å².